The van der Waals surface area contributed by atoms with Gasteiger partial charge in [0.15, 0.2) is 0 Å². The highest BCUT2D eigenvalue weighted by atomic mass is 35.5. The molecular formula is C18H16ClF3N2. The van der Waals surface area contributed by atoms with E-state index in [0.29, 0.717) is 5.69 Å². The predicted molar refractivity (Wildman–Crippen MR) is 93.2 cm³/mol. The first-order valence-corrected chi connectivity index (χ1v) is 7.16. The monoisotopic (exact) mass is 352 g/mol. The van der Waals surface area contributed by atoms with E-state index in [1.807, 2.05) is 38.1 Å². The van der Waals surface area contributed by atoms with Crippen molar-refractivity contribution in [3.8, 4) is 0 Å². The van der Waals surface area contributed by atoms with E-state index in [2.05, 4.69) is 10.3 Å². The van der Waals surface area contributed by atoms with Crippen LogP contribution < -0.4 is 5.32 Å². The molecule has 2 aromatic carbocycles. The number of alkyl halides is 3. The summed E-state index contributed by atoms with van der Waals surface area (Å²) >= 11 is 0. The van der Waals surface area contributed by atoms with Crippen LogP contribution in [0.15, 0.2) is 48.5 Å². The fourth-order valence-corrected chi connectivity index (χ4v) is 2.55. The van der Waals surface area contributed by atoms with E-state index in [4.69, 9.17) is 0 Å². The summed E-state index contributed by atoms with van der Waals surface area (Å²) in [5, 5.41) is 3.97. The Morgan fingerprint density at radius 2 is 1.67 bits per heavy atom. The average Bonchev–Trinajstić information content (AvgIpc) is 2.48. The smallest absolute Gasteiger partial charge is 0.355 e. The SMILES string of the molecule is Cc1cc(Nc2cccc(C(F)(F)F)c2)c2cccc(C)c2n1.Cl. The van der Waals surface area contributed by atoms with Crippen molar-refractivity contribution in [3.05, 3.63) is 65.4 Å². The lowest BCUT2D eigenvalue weighted by Crippen LogP contribution is -2.05. The number of benzene rings is 2. The van der Waals surface area contributed by atoms with E-state index < -0.39 is 11.7 Å². The molecule has 0 aliphatic heterocycles. The molecule has 0 fully saturated rings. The van der Waals surface area contributed by atoms with Gasteiger partial charge in [-0.05, 0) is 43.7 Å². The van der Waals surface area contributed by atoms with Gasteiger partial charge >= 0.3 is 6.18 Å². The predicted octanol–water partition coefficient (Wildman–Crippen LogP) is 6.04. The zero-order valence-electron chi connectivity index (χ0n) is 13.1. The summed E-state index contributed by atoms with van der Waals surface area (Å²) in [7, 11) is 0. The molecule has 0 spiro atoms. The van der Waals surface area contributed by atoms with Gasteiger partial charge in [-0.25, -0.2) is 0 Å². The highest BCUT2D eigenvalue weighted by molar-refractivity contribution is 5.94. The van der Waals surface area contributed by atoms with Crippen molar-refractivity contribution in [2.75, 3.05) is 5.32 Å². The maximum Gasteiger partial charge on any atom is 0.416 e. The molecule has 2 nitrogen and oxygen atoms in total. The van der Waals surface area contributed by atoms with Crippen LogP contribution in [0.3, 0.4) is 0 Å². The minimum absolute atomic E-state index is 0. The summed E-state index contributed by atoms with van der Waals surface area (Å²) < 4.78 is 38.5. The molecule has 1 aromatic heterocycles. The van der Waals surface area contributed by atoms with Gasteiger partial charge in [0, 0.05) is 22.5 Å². The number of rotatable bonds is 2. The lowest BCUT2D eigenvalue weighted by atomic mass is 10.1. The van der Waals surface area contributed by atoms with E-state index in [1.54, 1.807) is 6.07 Å². The average molecular weight is 353 g/mol. The van der Waals surface area contributed by atoms with E-state index >= 15 is 0 Å². The maximum absolute atomic E-state index is 12.8. The van der Waals surface area contributed by atoms with Crippen LogP contribution in [-0.2, 0) is 6.18 Å². The standard InChI is InChI=1S/C18H15F3N2.ClH/c1-11-5-3-8-15-16(9-12(2)22-17(11)15)23-14-7-4-6-13(10-14)18(19,20)21;/h3-10H,1-2H3,(H,22,23);1H. The topological polar surface area (TPSA) is 24.9 Å². The second-order valence-corrected chi connectivity index (χ2v) is 5.49. The number of nitrogens with one attached hydrogen (secondary N) is 1. The fraction of sp³-hybridized carbons (Fsp3) is 0.167. The van der Waals surface area contributed by atoms with Gasteiger partial charge in [0.2, 0.25) is 0 Å². The number of aryl methyl sites for hydroxylation is 2. The number of aromatic nitrogens is 1. The van der Waals surface area contributed by atoms with Crippen molar-refractivity contribution >= 4 is 34.7 Å². The van der Waals surface area contributed by atoms with Gasteiger partial charge < -0.3 is 5.32 Å². The molecule has 126 valence electrons. The van der Waals surface area contributed by atoms with Crippen LogP contribution in [0.25, 0.3) is 10.9 Å². The third-order valence-corrected chi connectivity index (χ3v) is 3.64. The van der Waals surface area contributed by atoms with Crippen molar-refractivity contribution in [3.63, 3.8) is 0 Å². The Labute approximate surface area is 144 Å². The van der Waals surface area contributed by atoms with Crippen LogP contribution in [-0.4, -0.2) is 4.98 Å². The Kier molecular flexibility index (Phi) is 5.04. The number of nitrogens with zero attached hydrogens (tertiary/aromatic N) is 1. The molecule has 0 amide bonds. The summed E-state index contributed by atoms with van der Waals surface area (Å²) in [6.45, 7) is 3.83. The lowest BCUT2D eigenvalue weighted by Gasteiger charge is -2.14. The molecule has 0 atom stereocenters. The van der Waals surface area contributed by atoms with Gasteiger partial charge in [-0.3, -0.25) is 4.98 Å². The second-order valence-electron chi connectivity index (χ2n) is 5.49. The van der Waals surface area contributed by atoms with Crippen molar-refractivity contribution in [2.45, 2.75) is 20.0 Å². The van der Waals surface area contributed by atoms with Crippen molar-refractivity contribution in [2.24, 2.45) is 0 Å². The Balaban J connectivity index is 0.00000208. The number of fused-ring (bicyclic) bond motifs is 1. The molecule has 0 saturated carbocycles. The van der Waals surface area contributed by atoms with Gasteiger partial charge in [0.05, 0.1) is 11.1 Å². The van der Waals surface area contributed by atoms with E-state index in [1.165, 1.54) is 6.07 Å². The molecule has 6 heteroatoms. The van der Waals surface area contributed by atoms with Crippen LogP contribution in [0.1, 0.15) is 16.8 Å². The third kappa shape index (κ3) is 3.62. The summed E-state index contributed by atoms with van der Waals surface area (Å²) in [4.78, 5) is 4.51. The normalized spacial score (nSPS) is 11.2. The molecule has 3 aromatic rings. The van der Waals surface area contributed by atoms with Crippen LogP contribution >= 0.6 is 12.4 Å². The molecule has 3 rings (SSSR count). The minimum atomic E-state index is -4.36. The molecule has 0 aliphatic carbocycles. The summed E-state index contributed by atoms with van der Waals surface area (Å²) in [6.07, 6.45) is -4.36. The minimum Gasteiger partial charge on any atom is -0.355 e. The van der Waals surface area contributed by atoms with Gasteiger partial charge in [0.1, 0.15) is 0 Å². The number of anilines is 2. The number of halogens is 4. The van der Waals surface area contributed by atoms with Gasteiger partial charge in [0.25, 0.3) is 0 Å². The zero-order chi connectivity index (χ0) is 16.6. The molecule has 0 unspecified atom stereocenters. The summed E-state index contributed by atoms with van der Waals surface area (Å²) in [5.74, 6) is 0. The fourth-order valence-electron chi connectivity index (χ4n) is 2.55. The van der Waals surface area contributed by atoms with E-state index in [0.717, 1.165) is 40.0 Å². The first-order chi connectivity index (χ1) is 10.8. The Morgan fingerprint density at radius 3 is 2.38 bits per heavy atom. The first-order valence-electron chi connectivity index (χ1n) is 7.16. The number of hydrogen-bond acceptors (Lipinski definition) is 2. The maximum atomic E-state index is 12.8. The Hall–Kier alpha value is -2.27. The number of para-hydroxylation sites is 1. The van der Waals surface area contributed by atoms with E-state index in [-0.39, 0.29) is 12.4 Å². The van der Waals surface area contributed by atoms with Gasteiger partial charge in [-0.15, -0.1) is 12.4 Å². The van der Waals surface area contributed by atoms with Crippen LogP contribution in [0.4, 0.5) is 24.5 Å². The first kappa shape index (κ1) is 18.1. The van der Waals surface area contributed by atoms with Crippen molar-refractivity contribution < 1.29 is 13.2 Å². The van der Waals surface area contributed by atoms with Gasteiger partial charge in [-0.2, -0.15) is 13.2 Å². The van der Waals surface area contributed by atoms with Crippen LogP contribution in [0.5, 0.6) is 0 Å². The quantitative estimate of drug-likeness (QED) is 0.608. The second kappa shape index (κ2) is 6.69. The van der Waals surface area contributed by atoms with Crippen molar-refractivity contribution in [1.29, 1.82) is 0 Å². The number of pyridine rings is 1. The lowest BCUT2D eigenvalue weighted by molar-refractivity contribution is -0.137. The highest BCUT2D eigenvalue weighted by Crippen LogP contribution is 2.33. The Morgan fingerprint density at radius 1 is 0.958 bits per heavy atom. The molecular weight excluding hydrogens is 337 g/mol. The summed E-state index contributed by atoms with van der Waals surface area (Å²) in [6, 6.07) is 12.8. The zero-order valence-corrected chi connectivity index (χ0v) is 13.9. The molecule has 1 N–H and O–H groups in total. The molecule has 24 heavy (non-hydrogen) atoms. The molecule has 0 bridgehead atoms. The third-order valence-electron chi connectivity index (χ3n) is 3.64. The molecule has 1 heterocycles. The summed E-state index contributed by atoms with van der Waals surface area (Å²) in [5.41, 5.74) is 3.15. The van der Waals surface area contributed by atoms with Gasteiger partial charge in [-0.1, -0.05) is 24.3 Å². The number of hydrogen-bond donors (Lipinski definition) is 1. The van der Waals surface area contributed by atoms with Crippen LogP contribution in [0, 0.1) is 13.8 Å². The highest BCUT2D eigenvalue weighted by Gasteiger charge is 2.30. The molecule has 0 saturated heterocycles. The molecule has 0 radical (unpaired) electrons. The Bertz CT molecular complexity index is 876. The van der Waals surface area contributed by atoms with E-state index in [9.17, 15) is 13.2 Å². The molecule has 0 aliphatic rings. The largest absolute Gasteiger partial charge is 0.416 e. The van der Waals surface area contributed by atoms with Crippen molar-refractivity contribution in [1.82, 2.24) is 4.98 Å². The van der Waals surface area contributed by atoms with Crippen LogP contribution in [0.2, 0.25) is 0 Å².